The molecule has 5 heteroatoms. The number of ether oxygens (including phenoxy) is 1. The summed E-state index contributed by atoms with van der Waals surface area (Å²) < 4.78 is 34.0. The van der Waals surface area contributed by atoms with Crippen LogP contribution in [0.4, 0.5) is 0 Å². The van der Waals surface area contributed by atoms with Crippen LogP contribution in [0.15, 0.2) is 23.1 Å². The van der Waals surface area contributed by atoms with Gasteiger partial charge >= 0.3 is 0 Å². The van der Waals surface area contributed by atoms with Crippen LogP contribution < -0.4 is 9.46 Å². The highest BCUT2D eigenvalue weighted by Crippen LogP contribution is 2.32. The lowest BCUT2D eigenvalue weighted by molar-refractivity contribution is 0.310. The quantitative estimate of drug-likeness (QED) is 0.906. The summed E-state index contributed by atoms with van der Waals surface area (Å²) in [5.74, 6) is 0.768. The van der Waals surface area contributed by atoms with Gasteiger partial charge in [0, 0.05) is 6.04 Å². The summed E-state index contributed by atoms with van der Waals surface area (Å²) >= 11 is 0. The Morgan fingerprint density at radius 3 is 2.39 bits per heavy atom. The number of nitrogens with one attached hydrogen (secondary N) is 1. The summed E-state index contributed by atoms with van der Waals surface area (Å²) in [6, 6.07) is 5.44. The third-order valence-corrected chi connectivity index (χ3v) is 6.25. The average molecular weight is 340 g/mol. The molecule has 0 aliphatic heterocycles. The predicted molar refractivity (Wildman–Crippen MR) is 93.4 cm³/mol. The molecule has 0 spiro atoms. The third kappa shape index (κ3) is 4.27. The van der Waals surface area contributed by atoms with Crippen LogP contribution in [0.25, 0.3) is 0 Å². The van der Waals surface area contributed by atoms with E-state index in [2.05, 4.69) is 32.4 Å². The van der Waals surface area contributed by atoms with Crippen LogP contribution in [0.2, 0.25) is 0 Å². The maximum atomic E-state index is 12.9. The zero-order valence-electron chi connectivity index (χ0n) is 14.8. The van der Waals surface area contributed by atoms with Gasteiger partial charge in [0.2, 0.25) is 10.0 Å². The fourth-order valence-corrected chi connectivity index (χ4v) is 4.68. The Hall–Kier alpha value is -1.07. The second-order valence-electron chi connectivity index (χ2n) is 7.61. The molecular weight excluding hydrogens is 310 g/mol. The maximum absolute atomic E-state index is 12.9. The van der Waals surface area contributed by atoms with Gasteiger partial charge in [-0.05, 0) is 41.9 Å². The first-order chi connectivity index (χ1) is 10.6. The first-order valence-electron chi connectivity index (χ1n) is 8.36. The van der Waals surface area contributed by atoms with Crippen molar-refractivity contribution in [1.29, 1.82) is 0 Å². The highest BCUT2D eigenvalue weighted by molar-refractivity contribution is 7.89. The van der Waals surface area contributed by atoms with Crippen molar-refractivity contribution in [3.05, 3.63) is 23.8 Å². The molecule has 0 saturated heterocycles. The molecule has 1 aromatic carbocycles. The van der Waals surface area contributed by atoms with Crippen LogP contribution in [-0.2, 0) is 15.4 Å². The van der Waals surface area contributed by atoms with E-state index in [4.69, 9.17) is 4.74 Å². The highest BCUT2D eigenvalue weighted by atomic mass is 32.2. The summed E-state index contributed by atoms with van der Waals surface area (Å²) in [4.78, 5) is 0.241. The number of hydrogen-bond acceptors (Lipinski definition) is 3. The molecule has 4 nitrogen and oxygen atoms in total. The number of rotatable bonds is 4. The van der Waals surface area contributed by atoms with E-state index in [0.29, 0.717) is 11.7 Å². The number of benzene rings is 1. The first kappa shape index (κ1) is 18.3. The molecule has 1 aliphatic carbocycles. The minimum atomic E-state index is -3.59. The van der Waals surface area contributed by atoms with Gasteiger partial charge in [0.25, 0.3) is 0 Å². The van der Waals surface area contributed by atoms with Gasteiger partial charge in [0.05, 0.1) is 7.11 Å². The van der Waals surface area contributed by atoms with Crippen molar-refractivity contribution in [2.75, 3.05) is 7.11 Å². The normalized spacial score (nSPS) is 22.8. The number of methoxy groups -OCH3 is 1. The zero-order chi connectivity index (χ0) is 17.3. The Labute approximate surface area is 140 Å². The minimum absolute atomic E-state index is 0.0109. The minimum Gasteiger partial charge on any atom is -0.495 e. The van der Waals surface area contributed by atoms with E-state index >= 15 is 0 Å². The van der Waals surface area contributed by atoms with Crippen LogP contribution in [0.5, 0.6) is 5.75 Å². The summed E-state index contributed by atoms with van der Waals surface area (Å²) in [6.07, 6.45) is 4.24. The fraction of sp³-hybridized carbons (Fsp3) is 0.667. The summed E-state index contributed by atoms with van der Waals surface area (Å²) in [7, 11) is -2.09. The second-order valence-corrected chi connectivity index (χ2v) is 9.29. The molecule has 0 heterocycles. The zero-order valence-corrected chi connectivity index (χ0v) is 15.7. The maximum Gasteiger partial charge on any atom is 0.244 e. The Morgan fingerprint density at radius 1 is 1.17 bits per heavy atom. The van der Waals surface area contributed by atoms with Crippen LogP contribution in [0.1, 0.15) is 58.9 Å². The van der Waals surface area contributed by atoms with E-state index < -0.39 is 10.0 Å². The molecule has 1 saturated carbocycles. The van der Waals surface area contributed by atoms with Gasteiger partial charge in [-0.15, -0.1) is 0 Å². The van der Waals surface area contributed by atoms with E-state index in [1.165, 1.54) is 13.5 Å². The molecule has 0 aromatic heterocycles. The largest absolute Gasteiger partial charge is 0.495 e. The molecule has 0 radical (unpaired) electrons. The molecule has 23 heavy (non-hydrogen) atoms. The molecule has 1 aliphatic rings. The van der Waals surface area contributed by atoms with Crippen molar-refractivity contribution in [3.8, 4) is 5.75 Å². The predicted octanol–water partition coefficient (Wildman–Crippen LogP) is 3.85. The van der Waals surface area contributed by atoms with Crippen LogP contribution >= 0.6 is 0 Å². The summed E-state index contributed by atoms with van der Waals surface area (Å²) in [5.41, 5.74) is 0.865. The second kappa shape index (κ2) is 6.81. The molecule has 0 unspecified atom stereocenters. The molecule has 2 rings (SSSR count). The van der Waals surface area contributed by atoms with E-state index in [9.17, 15) is 8.42 Å². The lowest BCUT2D eigenvalue weighted by Gasteiger charge is -2.29. The standard InChI is InChI=1S/C18H29NO3S/c1-13-8-6-7-9-15(13)19-23(20,21)17-12-14(18(2,3)4)10-11-16(17)22-5/h10-13,15,19H,6-9H2,1-5H3/t13-,15-/m0/s1. The van der Waals surface area contributed by atoms with Crippen LogP contribution in [-0.4, -0.2) is 21.6 Å². The lowest BCUT2D eigenvalue weighted by atomic mass is 9.87. The van der Waals surface area contributed by atoms with Gasteiger partial charge < -0.3 is 4.74 Å². The Bertz CT molecular complexity index is 647. The van der Waals surface area contributed by atoms with Crippen molar-refractivity contribution in [3.63, 3.8) is 0 Å². The smallest absolute Gasteiger partial charge is 0.244 e. The molecule has 130 valence electrons. The van der Waals surface area contributed by atoms with E-state index in [-0.39, 0.29) is 16.4 Å². The molecule has 1 fully saturated rings. The summed E-state index contributed by atoms with van der Waals surface area (Å²) in [6.45, 7) is 8.33. The number of sulfonamides is 1. The van der Waals surface area contributed by atoms with Crippen LogP contribution in [0.3, 0.4) is 0 Å². The van der Waals surface area contributed by atoms with Gasteiger partial charge in [-0.1, -0.05) is 46.6 Å². The van der Waals surface area contributed by atoms with Crippen LogP contribution in [0, 0.1) is 5.92 Å². The van der Waals surface area contributed by atoms with Gasteiger partial charge in [-0.3, -0.25) is 0 Å². The summed E-state index contributed by atoms with van der Waals surface area (Å²) in [5, 5.41) is 0. The lowest BCUT2D eigenvalue weighted by Crippen LogP contribution is -2.41. The first-order valence-corrected chi connectivity index (χ1v) is 9.84. The van der Waals surface area contributed by atoms with E-state index in [1.807, 2.05) is 6.07 Å². The van der Waals surface area contributed by atoms with E-state index in [1.54, 1.807) is 12.1 Å². The average Bonchev–Trinajstić information content (AvgIpc) is 2.48. The molecule has 2 atom stereocenters. The Balaban J connectivity index is 2.37. The third-order valence-electron chi connectivity index (χ3n) is 4.74. The van der Waals surface area contributed by atoms with Gasteiger partial charge in [-0.2, -0.15) is 0 Å². The van der Waals surface area contributed by atoms with Crippen molar-refractivity contribution in [1.82, 2.24) is 4.72 Å². The molecule has 0 bridgehead atoms. The highest BCUT2D eigenvalue weighted by Gasteiger charge is 2.29. The van der Waals surface area contributed by atoms with Crippen molar-refractivity contribution in [2.24, 2.45) is 5.92 Å². The molecule has 1 N–H and O–H groups in total. The fourth-order valence-electron chi connectivity index (χ4n) is 3.11. The topological polar surface area (TPSA) is 55.4 Å². The SMILES string of the molecule is COc1ccc(C(C)(C)C)cc1S(=O)(=O)N[C@H]1CCCC[C@@H]1C. The molecular formula is C18H29NO3S. The van der Waals surface area contributed by atoms with Crippen molar-refractivity contribution in [2.45, 2.75) is 69.7 Å². The van der Waals surface area contributed by atoms with E-state index in [0.717, 1.165) is 24.8 Å². The van der Waals surface area contributed by atoms with Gasteiger partial charge in [0.15, 0.2) is 0 Å². The monoisotopic (exact) mass is 339 g/mol. The number of hydrogen-bond donors (Lipinski definition) is 1. The Morgan fingerprint density at radius 2 is 1.83 bits per heavy atom. The Kier molecular flexibility index (Phi) is 5.41. The van der Waals surface area contributed by atoms with Crippen molar-refractivity contribution < 1.29 is 13.2 Å². The molecule has 0 amide bonds. The van der Waals surface area contributed by atoms with Gasteiger partial charge in [-0.25, -0.2) is 13.1 Å². The van der Waals surface area contributed by atoms with Gasteiger partial charge in [0.1, 0.15) is 10.6 Å². The van der Waals surface area contributed by atoms with Crippen molar-refractivity contribution >= 4 is 10.0 Å². The molecule has 1 aromatic rings.